The van der Waals surface area contributed by atoms with Gasteiger partial charge in [-0.25, -0.2) is 0 Å². The number of rotatable bonds is 3. The fraction of sp³-hybridized carbons (Fsp3) is 0.296. The first-order valence-electron chi connectivity index (χ1n) is 10.9. The second kappa shape index (κ2) is 7.86. The highest BCUT2D eigenvalue weighted by atomic mass is 16.5. The van der Waals surface area contributed by atoms with E-state index < -0.39 is 0 Å². The number of aromatic hydroxyl groups is 1. The molecular weight excluding hydrogens is 386 g/mol. The zero-order valence-corrected chi connectivity index (χ0v) is 17.8. The normalized spacial score (nSPS) is 17.0. The van der Waals surface area contributed by atoms with Crippen LogP contribution < -0.4 is 4.90 Å². The summed E-state index contributed by atoms with van der Waals surface area (Å²) in [6.07, 6.45) is 2.02. The van der Waals surface area contributed by atoms with Gasteiger partial charge in [0.1, 0.15) is 5.75 Å². The SMILES string of the molecule is Cc1cccc(-c2ccc3c(c2)C2(CCOCC2)CN3C(=O)Cc2ccccc2O)c1. The van der Waals surface area contributed by atoms with Crippen molar-refractivity contribution in [1.29, 1.82) is 0 Å². The van der Waals surface area contributed by atoms with Crippen LogP contribution in [0, 0.1) is 6.92 Å². The van der Waals surface area contributed by atoms with E-state index in [0.717, 1.165) is 31.7 Å². The smallest absolute Gasteiger partial charge is 0.231 e. The van der Waals surface area contributed by atoms with Crippen LogP contribution in [0.2, 0.25) is 0 Å². The number of ether oxygens (including phenoxy) is 1. The molecule has 1 amide bonds. The number of carbonyl (C=O) groups is 1. The fourth-order valence-electron chi connectivity index (χ4n) is 5.00. The first-order valence-corrected chi connectivity index (χ1v) is 10.9. The number of aryl methyl sites for hydroxylation is 1. The van der Waals surface area contributed by atoms with Crippen LogP contribution in [0.4, 0.5) is 5.69 Å². The lowest BCUT2D eigenvalue weighted by molar-refractivity contribution is -0.118. The Morgan fingerprint density at radius 2 is 1.77 bits per heavy atom. The molecule has 0 aromatic heterocycles. The zero-order valence-electron chi connectivity index (χ0n) is 17.8. The van der Waals surface area contributed by atoms with Crippen molar-refractivity contribution < 1.29 is 14.6 Å². The van der Waals surface area contributed by atoms with Gasteiger partial charge in [0.15, 0.2) is 0 Å². The van der Waals surface area contributed by atoms with Gasteiger partial charge in [-0.05, 0) is 54.7 Å². The summed E-state index contributed by atoms with van der Waals surface area (Å²) in [6.45, 7) is 4.22. The molecule has 1 saturated heterocycles. The third kappa shape index (κ3) is 3.61. The molecule has 3 aromatic carbocycles. The molecule has 0 atom stereocenters. The van der Waals surface area contributed by atoms with Crippen molar-refractivity contribution >= 4 is 11.6 Å². The van der Waals surface area contributed by atoms with Crippen LogP contribution in [-0.2, 0) is 21.4 Å². The van der Waals surface area contributed by atoms with Crippen LogP contribution >= 0.6 is 0 Å². The quantitative estimate of drug-likeness (QED) is 0.657. The van der Waals surface area contributed by atoms with Gasteiger partial charge in [0, 0.05) is 36.4 Å². The van der Waals surface area contributed by atoms with E-state index in [1.165, 1.54) is 22.3 Å². The molecule has 158 valence electrons. The number of benzene rings is 3. The Balaban J connectivity index is 1.53. The molecule has 1 spiro atoms. The molecule has 4 nitrogen and oxygen atoms in total. The van der Waals surface area contributed by atoms with Crippen LogP contribution in [0.5, 0.6) is 5.75 Å². The predicted octanol–water partition coefficient (Wildman–Crippen LogP) is 5.01. The summed E-state index contributed by atoms with van der Waals surface area (Å²) in [5.41, 5.74) is 6.46. The standard InChI is InChI=1S/C27H27NO3/c1-19-5-4-7-20(15-19)21-9-10-24-23(16-21)27(11-13-31-14-12-27)18-28(24)26(30)17-22-6-2-3-8-25(22)29/h2-10,15-16,29H,11-14,17-18H2,1H3. The van der Waals surface area contributed by atoms with Crippen LogP contribution in [0.1, 0.15) is 29.5 Å². The molecular formula is C27H27NO3. The minimum absolute atomic E-state index is 0.0226. The fourth-order valence-corrected chi connectivity index (χ4v) is 5.00. The molecule has 2 heterocycles. The molecule has 2 aliphatic heterocycles. The maximum Gasteiger partial charge on any atom is 0.231 e. The topological polar surface area (TPSA) is 49.8 Å². The van der Waals surface area contributed by atoms with Crippen LogP contribution in [0.25, 0.3) is 11.1 Å². The maximum atomic E-state index is 13.3. The number of phenols is 1. The number of nitrogens with zero attached hydrogens (tertiary/aromatic N) is 1. The highest BCUT2D eigenvalue weighted by Gasteiger charge is 2.45. The van der Waals surface area contributed by atoms with Gasteiger partial charge in [-0.1, -0.05) is 54.1 Å². The second-order valence-corrected chi connectivity index (χ2v) is 8.78. The second-order valence-electron chi connectivity index (χ2n) is 8.78. The number of carbonyl (C=O) groups excluding carboxylic acids is 1. The van der Waals surface area contributed by atoms with Gasteiger partial charge in [0.2, 0.25) is 5.91 Å². The van der Waals surface area contributed by atoms with Crippen LogP contribution in [-0.4, -0.2) is 30.8 Å². The average molecular weight is 414 g/mol. The molecule has 0 unspecified atom stereocenters. The van der Waals surface area contributed by atoms with Crippen molar-refractivity contribution in [3.8, 4) is 16.9 Å². The van der Waals surface area contributed by atoms with Crippen LogP contribution in [0.3, 0.4) is 0 Å². The molecule has 1 N–H and O–H groups in total. The Morgan fingerprint density at radius 1 is 1.00 bits per heavy atom. The van der Waals surface area contributed by atoms with Crippen molar-refractivity contribution in [2.75, 3.05) is 24.7 Å². The monoisotopic (exact) mass is 413 g/mol. The Labute approximate surface area is 183 Å². The summed E-state index contributed by atoms with van der Waals surface area (Å²) in [6, 6.07) is 22.1. The van der Waals surface area contributed by atoms with Gasteiger partial charge in [-0.3, -0.25) is 4.79 Å². The third-order valence-electron chi connectivity index (χ3n) is 6.76. The van der Waals surface area contributed by atoms with Crippen molar-refractivity contribution in [3.05, 3.63) is 83.4 Å². The van der Waals surface area contributed by atoms with E-state index in [4.69, 9.17) is 4.74 Å². The number of para-hydroxylation sites is 1. The third-order valence-corrected chi connectivity index (χ3v) is 6.76. The first kappa shape index (κ1) is 19.8. The van der Waals surface area contributed by atoms with Gasteiger partial charge in [-0.2, -0.15) is 0 Å². The number of amides is 1. The average Bonchev–Trinajstić information content (AvgIpc) is 3.09. The maximum absolute atomic E-state index is 13.3. The first-order chi connectivity index (χ1) is 15.1. The highest BCUT2D eigenvalue weighted by Crippen LogP contribution is 2.48. The number of hydrogen-bond acceptors (Lipinski definition) is 3. The van der Waals surface area contributed by atoms with E-state index in [0.29, 0.717) is 12.1 Å². The van der Waals surface area contributed by atoms with E-state index in [9.17, 15) is 9.90 Å². The molecule has 5 rings (SSSR count). The molecule has 0 aliphatic carbocycles. The Morgan fingerprint density at radius 3 is 2.55 bits per heavy atom. The summed E-state index contributed by atoms with van der Waals surface area (Å²) in [4.78, 5) is 15.3. The van der Waals surface area contributed by atoms with Gasteiger partial charge in [0.25, 0.3) is 0 Å². The Bertz CT molecular complexity index is 1130. The largest absolute Gasteiger partial charge is 0.508 e. The summed E-state index contributed by atoms with van der Waals surface area (Å²) in [7, 11) is 0. The molecule has 0 bridgehead atoms. The van der Waals surface area contributed by atoms with Gasteiger partial charge in [0.05, 0.1) is 6.42 Å². The minimum atomic E-state index is -0.0676. The van der Waals surface area contributed by atoms with Crippen molar-refractivity contribution in [1.82, 2.24) is 0 Å². The molecule has 0 radical (unpaired) electrons. The van der Waals surface area contributed by atoms with E-state index in [1.54, 1.807) is 12.1 Å². The van der Waals surface area contributed by atoms with Crippen molar-refractivity contribution in [2.24, 2.45) is 0 Å². The number of hydrogen-bond donors (Lipinski definition) is 1. The predicted molar refractivity (Wildman–Crippen MR) is 123 cm³/mol. The molecule has 2 aliphatic rings. The van der Waals surface area contributed by atoms with Crippen LogP contribution in [0.15, 0.2) is 66.7 Å². The van der Waals surface area contributed by atoms with Gasteiger partial charge < -0.3 is 14.7 Å². The lowest BCUT2D eigenvalue weighted by Gasteiger charge is -2.34. The lowest BCUT2D eigenvalue weighted by Crippen LogP contribution is -2.41. The Kier molecular flexibility index (Phi) is 5.03. The molecule has 3 aromatic rings. The van der Waals surface area contributed by atoms with E-state index in [-0.39, 0.29) is 23.5 Å². The summed E-state index contributed by atoms with van der Waals surface area (Å²) in [5.74, 6) is 0.195. The molecule has 4 heteroatoms. The number of fused-ring (bicyclic) bond motifs is 2. The van der Waals surface area contributed by atoms with Crippen molar-refractivity contribution in [3.63, 3.8) is 0 Å². The van der Waals surface area contributed by atoms with Gasteiger partial charge in [-0.15, -0.1) is 0 Å². The van der Waals surface area contributed by atoms with Gasteiger partial charge >= 0.3 is 0 Å². The van der Waals surface area contributed by atoms with E-state index >= 15 is 0 Å². The number of anilines is 1. The lowest BCUT2D eigenvalue weighted by atomic mass is 9.75. The summed E-state index contributed by atoms with van der Waals surface area (Å²) >= 11 is 0. The van der Waals surface area contributed by atoms with E-state index in [2.05, 4.69) is 49.4 Å². The summed E-state index contributed by atoms with van der Waals surface area (Å²) in [5, 5.41) is 10.1. The number of phenolic OH excluding ortho intramolecular Hbond substituents is 1. The Hall–Kier alpha value is -3.11. The zero-order chi connectivity index (χ0) is 21.4. The summed E-state index contributed by atoms with van der Waals surface area (Å²) < 4.78 is 5.67. The molecule has 1 fully saturated rings. The molecule has 31 heavy (non-hydrogen) atoms. The molecule has 0 saturated carbocycles. The highest BCUT2D eigenvalue weighted by molar-refractivity contribution is 5.98. The van der Waals surface area contributed by atoms with E-state index in [1.807, 2.05) is 17.0 Å². The minimum Gasteiger partial charge on any atom is -0.508 e. The van der Waals surface area contributed by atoms with Crippen molar-refractivity contribution in [2.45, 2.75) is 31.6 Å².